The molecule has 5 nitrogen and oxygen atoms in total. The van der Waals surface area contributed by atoms with Crippen LogP contribution in [-0.2, 0) is 4.74 Å². The van der Waals surface area contributed by atoms with Crippen molar-refractivity contribution in [2.75, 3.05) is 25.1 Å². The standard InChI is InChI=1S/C12H18ClN3O2/c1-2-3-6-18-7-4-5-14-12-10(8-17)11(13)15-9-16-12/h8-9H,2-7H2,1H3,(H,14,15,16). The molecule has 0 aliphatic rings. The fourth-order valence-electron chi connectivity index (χ4n) is 1.35. The van der Waals surface area contributed by atoms with Gasteiger partial charge in [-0.1, -0.05) is 24.9 Å². The van der Waals surface area contributed by atoms with Gasteiger partial charge in [0.15, 0.2) is 6.29 Å². The summed E-state index contributed by atoms with van der Waals surface area (Å²) in [7, 11) is 0. The minimum Gasteiger partial charge on any atom is -0.381 e. The molecule has 1 aromatic heterocycles. The first-order valence-corrected chi connectivity index (χ1v) is 6.44. The number of nitrogens with zero attached hydrogens (tertiary/aromatic N) is 2. The summed E-state index contributed by atoms with van der Waals surface area (Å²) >= 11 is 5.78. The molecule has 1 heterocycles. The van der Waals surface area contributed by atoms with E-state index in [1.807, 2.05) is 0 Å². The zero-order chi connectivity index (χ0) is 13.2. The second kappa shape index (κ2) is 8.83. The van der Waals surface area contributed by atoms with Gasteiger partial charge in [-0.15, -0.1) is 0 Å². The molecule has 0 aliphatic carbocycles. The van der Waals surface area contributed by atoms with Gasteiger partial charge in [0.05, 0.1) is 5.56 Å². The van der Waals surface area contributed by atoms with Crippen LogP contribution in [0.25, 0.3) is 0 Å². The quantitative estimate of drug-likeness (QED) is 0.425. The maximum absolute atomic E-state index is 10.8. The van der Waals surface area contributed by atoms with Gasteiger partial charge in [0.1, 0.15) is 17.3 Å². The third-order valence-electron chi connectivity index (χ3n) is 2.35. The SMILES string of the molecule is CCCCOCCCNc1ncnc(Cl)c1C=O. The van der Waals surface area contributed by atoms with Crippen LogP contribution in [0.3, 0.4) is 0 Å². The van der Waals surface area contributed by atoms with Crippen molar-refractivity contribution >= 4 is 23.7 Å². The molecule has 0 saturated carbocycles. The van der Waals surface area contributed by atoms with E-state index < -0.39 is 0 Å². The van der Waals surface area contributed by atoms with Gasteiger partial charge in [0.2, 0.25) is 0 Å². The minimum absolute atomic E-state index is 0.168. The van der Waals surface area contributed by atoms with Gasteiger partial charge in [0, 0.05) is 19.8 Å². The molecule has 0 aliphatic heterocycles. The van der Waals surface area contributed by atoms with E-state index in [4.69, 9.17) is 16.3 Å². The normalized spacial score (nSPS) is 10.3. The highest BCUT2D eigenvalue weighted by atomic mass is 35.5. The maximum Gasteiger partial charge on any atom is 0.156 e. The monoisotopic (exact) mass is 271 g/mol. The van der Waals surface area contributed by atoms with E-state index in [2.05, 4.69) is 22.2 Å². The number of aromatic nitrogens is 2. The molecule has 1 rings (SSSR count). The Kier molecular flexibility index (Phi) is 7.29. The van der Waals surface area contributed by atoms with Gasteiger partial charge >= 0.3 is 0 Å². The van der Waals surface area contributed by atoms with E-state index in [0.29, 0.717) is 30.8 Å². The lowest BCUT2D eigenvalue weighted by molar-refractivity contribution is 0.112. The van der Waals surface area contributed by atoms with E-state index in [9.17, 15) is 4.79 Å². The molecule has 0 fully saturated rings. The number of nitrogens with one attached hydrogen (secondary N) is 1. The molecule has 100 valence electrons. The molecule has 0 radical (unpaired) electrons. The fourth-order valence-corrected chi connectivity index (χ4v) is 1.53. The minimum atomic E-state index is 0.168. The highest BCUT2D eigenvalue weighted by Crippen LogP contribution is 2.16. The summed E-state index contributed by atoms with van der Waals surface area (Å²) < 4.78 is 5.42. The van der Waals surface area contributed by atoms with Crippen LogP contribution < -0.4 is 5.32 Å². The summed E-state index contributed by atoms with van der Waals surface area (Å²) in [6, 6.07) is 0. The van der Waals surface area contributed by atoms with Crippen molar-refractivity contribution in [3.8, 4) is 0 Å². The topological polar surface area (TPSA) is 64.1 Å². The van der Waals surface area contributed by atoms with Crippen LogP contribution in [0.15, 0.2) is 6.33 Å². The lowest BCUT2D eigenvalue weighted by Crippen LogP contribution is -2.09. The molecule has 0 amide bonds. The molecule has 0 atom stereocenters. The maximum atomic E-state index is 10.8. The fraction of sp³-hybridized carbons (Fsp3) is 0.583. The summed E-state index contributed by atoms with van der Waals surface area (Å²) in [6.45, 7) is 4.31. The second-order valence-corrected chi connectivity index (χ2v) is 4.15. The molecule has 0 unspecified atom stereocenters. The summed E-state index contributed by atoms with van der Waals surface area (Å²) in [5.74, 6) is 0.471. The summed E-state index contributed by atoms with van der Waals surface area (Å²) in [4.78, 5) is 18.6. The Bertz CT molecular complexity index is 374. The van der Waals surface area contributed by atoms with Crippen LogP contribution in [0, 0.1) is 0 Å². The van der Waals surface area contributed by atoms with Crippen molar-refractivity contribution in [3.05, 3.63) is 17.0 Å². The van der Waals surface area contributed by atoms with Crippen LogP contribution in [0.4, 0.5) is 5.82 Å². The Morgan fingerprint density at radius 2 is 2.17 bits per heavy atom. The molecular weight excluding hydrogens is 254 g/mol. The number of halogens is 1. The molecule has 0 saturated heterocycles. The van der Waals surface area contributed by atoms with Gasteiger partial charge in [-0.25, -0.2) is 9.97 Å². The number of unbranched alkanes of at least 4 members (excludes halogenated alkanes) is 1. The van der Waals surface area contributed by atoms with Crippen molar-refractivity contribution in [2.24, 2.45) is 0 Å². The number of carbonyl (C=O) groups excluding carboxylic acids is 1. The van der Waals surface area contributed by atoms with Gasteiger partial charge in [-0.05, 0) is 12.8 Å². The predicted molar refractivity (Wildman–Crippen MR) is 71.3 cm³/mol. The number of ether oxygens (including phenoxy) is 1. The molecule has 6 heteroatoms. The molecule has 0 aromatic carbocycles. The van der Waals surface area contributed by atoms with Crippen LogP contribution in [-0.4, -0.2) is 36.0 Å². The molecule has 1 aromatic rings. The number of hydrogen-bond donors (Lipinski definition) is 1. The zero-order valence-corrected chi connectivity index (χ0v) is 11.2. The Hall–Kier alpha value is -1.20. The molecule has 1 N–H and O–H groups in total. The Morgan fingerprint density at radius 3 is 2.89 bits per heavy atom. The highest BCUT2D eigenvalue weighted by Gasteiger charge is 2.07. The number of aldehydes is 1. The Morgan fingerprint density at radius 1 is 1.39 bits per heavy atom. The third kappa shape index (κ3) is 4.98. The van der Waals surface area contributed by atoms with Crippen LogP contribution in [0.1, 0.15) is 36.5 Å². The molecule has 0 bridgehead atoms. The van der Waals surface area contributed by atoms with Crippen LogP contribution >= 0.6 is 11.6 Å². The lowest BCUT2D eigenvalue weighted by atomic mass is 10.3. The van der Waals surface area contributed by atoms with Crippen LogP contribution in [0.5, 0.6) is 0 Å². The number of hydrogen-bond acceptors (Lipinski definition) is 5. The molecular formula is C12H18ClN3O2. The molecule has 18 heavy (non-hydrogen) atoms. The van der Waals surface area contributed by atoms with E-state index in [0.717, 1.165) is 25.9 Å². The van der Waals surface area contributed by atoms with E-state index in [1.54, 1.807) is 0 Å². The van der Waals surface area contributed by atoms with Crippen LogP contribution in [0.2, 0.25) is 5.15 Å². The average molecular weight is 272 g/mol. The van der Waals surface area contributed by atoms with Gasteiger partial charge in [-0.2, -0.15) is 0 Å². The Balaban J connectivity index is 2.27. The van der Waals surface area contributed by atoms with E-state index in [-0.39, 0.29) is 5.15 Å². The Labute approximate surface area is 112 Å². The largest absolute Gasteiger partial charge is 0.381 e. The number of anilines is 1. The van der Waals surface area contributed by atoms with Gasteiger partial charge < -0.3 is 10.1 Å². The van der Waals surface area contributed by atoms with Crippen molar-refractivity contribution in [1.29, 1.82) is 0 Å². The van der Waals surface area contributed by atoms with Crippen molar-refractivity contribution in [1.82, 2.24) is 9.97 Å². The number of rotatable bonds is 9. The second-order valence-electron chi connectivity index (χ2n) is 3.79. The summed E-state index contributed by atoms with van der Waals surface area (Å²) in [6.07, 6.45) is 5.06. The first-order chi connectivity index (χ1) is 8.79. The van der Waals surface area contributed by atoms with E-state index in [1.165, 1.54) is 6.33 Å². The summed E-state index contributed by atoms with van der Waals surface area (Å²) in [5, 5.41) is 3.22. The molecule has 0 spiro atoms. The highest BCUT2D eigenvalue weighted by molar-refractivity contribution is 6.32. The number of carbonyl (C=O) groups is 1. The van der Waals surface area contributed by atoms with E-state index >= 15 is 0 Å². The lowest BCUT2D eigenvalue weighted by Gasteiger charge is -2.08. The van der Waals surface area contributed by atoms with Gasteiger partial charge in [-0.3, -0.25) is 4.79 Å². The van der Waals surface area contributed by atoms with Crippen molar-refractivity contribution < 1.29 is 9.53 Å². The van der Waals surface area contributed by atoms with Crippen molar-refractivity contribution in [2.45, 2.75) is 26.2 Å². The zero-order valence-electron chi connectivity index (χ0n) is 10.5. The summed E-state index contributed by atoms with van der Waals surface area (Å²) in [5.41, 5.74) is 0.297. The third-order valence-corrected chi connectivity index (χ3v) is 2.65. The van der Waals surface area contributed by atoms with Gasteiger partial charge in [0.25, 0.3) is 0 Å². The first kappa shape index (κ1) is 14.9. The van der Waals surface area contributed by atoms with Crippen molar-refractivity contribution in [3.63, 3.8) is 0 Å². The smallest absolute Gasteiger partial charge is 0.156 e. The predicted octanol–water partition coefficient (Wildman–Crippen LogP) is 2.56. The average Bonchev–Trinajstić information content (AvgIpc) is 2.38. The first-order valence-electron chi connectivity index (χ1n) is 6.06.